The molecule has 1 heterocycles. The van der Waals surface area contributed by atoms with Gasteiger partial charge in [0.2, 0.25) is 5.91 Å². The molecule has 2 aromatic carbocycles. The van der Waals surface area contributed by atoms with Gasteiger partial charge in [0.15, 0.2) is 0 Å². The summed E-state index contributed by atoms with van der Waals surface area (Å²) in [6.07, 6.45) is 0. The zero-order valence-electron chi connectivity index (χ0n) is 14.9. The van der Waals surface area contributed by atoms with Gasteiger partial charge in [0, 0.05) is 17.1 Å². The summed E-state index contributed by atoms with van der Waals surface area (Å²) in [4.78, 5) is 25.0. The number of anilines is 1. The molecule has 134 valence electrons. The number of amides is 1. The Balaban J connectivity index is 1.94. The molecule has 0 aliphatic carbocycles. The Labute approximate surface area is 151 Å². The monoisotopic (exact) mass is 352 g/mol. The normalized spacial score (nSPS) is 10.6. The van der Waals surface area contributed by atoms with Crippen LogP contribution in [-0.4, -0.2) is 24.7 Å². The highest BCUT2D eigenvalue weighted by Gasteiger charge is 2.14. The van der Waals surface area contributed by atoms with Crippen molar-refractivity contribution in [3.63, 3.8) is 0 Å². The van der Waals surface area contributed by atoms with Gasteiger partial charge in [0.05, 0.1) is 19.7 Å². The van der Waals surface area contributed by atoms with Gasteiger partial charge in [-0.25, -0.2) is 0 Å². The lowest BCUT2D eigenvalue weighted by Gasteiger charge is -2.15. The minimum absolute atomic E-state index is 0.109. The van der Waals surface area contributed by atoms with Crippen molar-refractivity contribution in [3.05, 3.63) is 64.4 Å². The lowest BCUT2D eigenvalue weighted by Crippen LogP contribution is -2.28. The molecule has 3 rings (SSSR count). The number of pyridine rings is 1. The van der Waals surface area contributed by atoms with Crippen LogP contribution < -0.4 is 20.3 Å². The summed E-state index contributed by atoms with van der Waals surface area (Å²) >= 11 is 0. The number of rotatable bonds is 5. The topological polar surface area (TPSA) is 69.6 Å². The molecule has 1 aromatic heterocycles. The fourth-order valence-electron chi connectivity index (χ4n) is 2.91. The van der Waals surface area contributed by atoms with Crippen molar-refractivity contribution in [1.29, 1.82) is 0 Å². The van der Waals surface area contributed by atoms with E-state index >= 15 is 0 Å². The minimum Gasteiger partial charge on any atom is -0.497 e. The van der Waals surface area contributed by atoms with Crippen molar-refractivity contribution < 1.29 is 14.3 Å². The molecule has 0 atom stereocenters. The van der Waals surface area contributed by atoms with Crippen molar-refractivity contribution in [3.8, 4) is 11.5 Å². The number of para-hydroxylation sites is 1. The number of hydrogen-bond acceptors (Lipinski definition) is 4. The van der Waals surface area contributed by atoms with E-state index in [-0.39, 0.29) is 18.0 Å². The summed E-state index contributed by atoms with van der Waals surface area (Å²) in [5.74, 6) is 0.961. The van der Waals surface area contributed by atoms with Gasteiger partial charge < -0.3 is 14.8 Å². The van der Waals surface area contributed by atoms with Crippen LogP contribution >= 0.6 is 0 Å². The molecule has 1 N–H and O–H groups in total. The van der Waals surface area contributed by atoms with E-state index < -0.39 is 0 Å². The molecule has 3 aromatic rings. The van der Waals surface area contributed by atoms with Gasteiger partial charge in [0.25, 0.3) is 5.56 Å². The summed E-state index contributed by atoms with van der Waals surface area (Å²) in [6.45, 7) is 1.76. The number of aryl methyl sites for hydroxylation is 1. The van der Waals surface area contributed by atoms with Crippen molar-refractivity contribution in [2.75, 3.05) is 19.5 Å². The van der Waals surface area contributed by atoms with Gasteiger partial charge in [-0.2, -0.15) is 0 Å². The second-order valence-corrected chi connectivity index (χ2v) is 5.88. The number of nitrogens with one attached hydrogen (secondary N) is 1. The molecule has 26 heavy (non-hydrogen) atoms. The molecule has 0 spiro atoms. The average molecular weight is 352 g/mol. The molecule has 6 nitrogen and oxygen atoms in total. The third-order valence-corrected chi connectivity index (χ3v) is 4.20. The number of ether oxygens (including phenoxy) is 2. The Kier molecular flexibility index (Phi) is 4.93. The average Bonchev–Trinajstić information content (AvgIpc) is 2.65. The number of aromatic nitrogens is 1. The number of carbonyl (C=O) groups is 1. The third-order valence-electron chi connectivity index (χ3n) is 4.20. The maximum absolute atomic E-state index is 12.5. The highest BCUT2D eigenvalue weighted by Crippen LogP contribution is 2.26. The van der Waals surface area contributed by atoms with Gasteiger partial charge in [-0.05, 0) is 42.8 Å². The second kappa shape index (κ2) is 7.31. The quantitative estimate of drug-likeness (QED) is 0.766. The highest BCUT2D eigenvalue weighted by molar-refractivity contribution is 5.93. The maximum Gasteiger partial charge on any atom is 0.251 e. The molecule has 0 aliphatic heterocycles. The van der Waals surface area contributed by atoms with Crippen LogP contribution in [0.2, 0.25) is 0 Å². The maximum atomic E-state index is 12.5. The van der Waals surface area contributed by atoms with Crippen LogP contribution in [-0.2, 0) is 11.3 Å². The SMILES string of the molecule is COc1ccc(NC(=O)Cn2c(=O)cc(C)c3cccc(OC)c32)cc1. The molecule has 0 radical (unpaired) electrons. The van der Waals surface area contributed by atoms with E-state index in [1.807, 2.05) is 19.1 Å². The summed E-state index contributed by atoms with van der Waals surface area (Å²) in [5.41, 5.74) is 1.84. The molecule has 0 bridgehead atoms. The summed E-state index contributed by atoms with van der Waals surface area (Å²) < 4.78 is 11.9. The molecule has 0 unspecified atom stereocenters. The van der Waals surface area contributed by atoms with E-state index in [9.17, 15) is 9.59 Å². The Morgan fingerprint density at radius 2 is 1.81 bits per heavy atom. The van der Waals surface area contributed by atoms with E-state index in [4.69, 9.17) is 9.47 Å². The van der Waals surface area contributed by atoms with Crippen LogP contribution in [0, 0.1) is 6.92 Å². The van der Waals surface area contributed by atoms with Crippen molar-refractivity contribution in [2.24, 2.45) is 0 Å². The number of nitrogens with zero attached hydrogens (tertiary/aromatic N) is 1. The Bertz CT molecular complexity index is 1010. The predicted octanol–water partition coefficient (Wildman–Crippen LogP) is 2.97. The first-order valence-electron chi connectivity index (χ1n) is 8.14. The molecule has 0 saturated carbocycles. The zero-order valence-corrected chi connectivity index (χ0v) is 14.9. The Morgan fingerprint density at radius 1 is 1.08 bits per heavy atom. The second-order valence-electron chi connectivity index (χ2n) is 5.88. The van der Waals surface area contributed by atoms with Gasteiger partial charge in [-0.15, -0.1) is 0 Å². The Hall–Kier alpha value is -3.28. The molecule has 0 saturated heterocycles. The van der Waals surface area contributed by atoms with Crippen LogP contribution in [0.5, 0.6) is 11.5 Å². The van der Waals surface area contributed by atoms with E-state index in [0.717, 1.165) is 10.9 Å². The van der Waals surface area contributed by atoms with Gasteiger partial charge >= 0.3 is 0 Å². The molecule has 1 amide bonds. The summed E-state index contributed by atoms with van der Waals surface area (Å²) in [7, 11) is 3.12. The van der Waals surface area contributed by atoms with E-state index in [2.05, 4.69) is 5.32 Å². The van der Waals surface area contributed by atoms with Crippen LogP contribution in [0.4, 0.5) is 5.69 Å². The van der Waals surface area contributed by atoms with Crippen molar-refractivity contribution in [2.45, 2.75) is 13.5 Å². The van der Waals surface area contributed by atoms with Gasteiger partial charge in [-0.3, -0.25) is 14.2 Å². The highest BCUT2D eigenvalue weighted by atomic mass is 16.5. The third kappa shape index (κ3) is 3.39. The number of methoxy groups -OCH3 is 2. The van der Waals surface area contributed by atoms with Crippen molar-refractivity contribution >= 4 is 22.5 Å². The fourth-order valence-corrected chi connectivity index (χ4v) is 2.91. The lowest BCUT2D eigenvalue weighted by atomic mass is 10.1. The van der Waals surface area contributed by atoms with Gasteiger partial charge in [-0.1, -0.05) is 12.1 Å². The molecule has 0 aliphatic rings. The first-order valence-corrected chi connectivity index (χ1v) is 8.14. The van der Waals surface area contributed by atoms with E-state index in [0.29, 0.717) is 22.7 Å². The molecular weight excluding hydrogens is 332 g/mol. The molecule has 0 fully saturated rings. The van der Waals surface area contributed by atoms with Crippen LogP contribution in [0.15, 0.2) is 53.3 Å². The predicted molar refractivity (Wildman–Crippen MR) is 101 cm³/mol. The standard InChI is InChI=1S/C20H20N2O4/c1-13-11-19(24)22(20-16(13)5-4-6-17(20)26-3)12-18(23)21-14-7-9-15(25-2)10-8-14/h4-11H,12H2,1-3H3,(H,21,23). The first-order chi connectivity index (χ1) is 12.5. The number of hydrogen-bond donors (Lipinski definition) is 1. The fraction of sp³-hybridized carbons (Fsp3) is 0.200. The van der Waals surface area contributed by atoms with Gasteiger partial charge in [0.1, 0.15) is 18.0 Å². The summed E-state index contributed by atoms with van der Waals surface area (Å²) in [6, 6.07) is 14.1. The number of carbonyl (C=O) groups excluding carboxylic acids is 1. The zero-order chi connectivity index (χ0) is 18.7. The lowest BCUT2D eigenvalue weighted by molar-refractivity contribution is -0.116. The number of benzene rings is 2. The van der Waals surface area contributed by atoms with Crippen LogP contribution in [0.1, 0.15) is 5.56 Å². The summed E-state index contributed by atoms with van der Waals surface area (Å²) in [5, 5.41) is 3.67. The largest absolute Gasteiger partial charge is 0.497 e. The Morgan fingerprint density at radius 3 is 2.46 bits per heavy atom. The van der Waals surface area contributed by atoms with E-state index in [1.165, 1.54) is 10.6 Å². The first kappa shape index (κ1) is 17.5. The van der Waals surface area contributed by atoms with E-state index in [1.54, 1.807) is 44.6 Å². The van der Waals surface area contributed by atoms with Crippen LogP contribution in [0.25, 0.3) is 10.9 Å². The van der Waals surface area contributed by atoms with Crippen molar-refractivity contribution in [1.82, 2.24) is 4.57 Å². The van der Waals surface area contributed by atoms with Crippen LogP contribution in [0.3, 0.4) is 0 Å². The molecule has 6 heteroatoms. The number of fused-ring (bicyclic) bond motifs is 1. The molecular formula is C20H20N2O4. The minimum atomic E-state index is -0.298. The smallest absolute Gasteiger partial charge is 0.251 e.